The summed E-state index contributed by atoms with van der Waals surface area (Å²) in [4.78, 5) is 30.0. The highest BCUT2D eigenvalue weighted by Gasteiger charge is 2.29. The van der Waals surface area contributed by atoms with E-state index < -0.39 is 12.1 Å². The first-order chi connectivity index (χ1) is 12.8. The molecule has 0 bridgehead atoms. The molecule has 1 aromatic carbocycles. The van der Waals surface area contributed by atoms with Crippen molar-refractivity contribution in [2.45, 2.75) is 38.7 Å². The molecule has 27 heavy (non-hydrogen) atoms. The molecule has 8 nitrogen and oxygen atoms in total. The average molecular weight is 373 g/mol. The summed E-state index contributed by atoms with van der Waals surface area (Å²) in [5.74, 6) is -0.304. The van der Waals surface area contributed by atoms with Gasteiger partial charge in [0.25, 0.3) is 11.8 Å². The van der Waals surface area contributed by atoms with E-state index in [0.29, 0.717) is 36.0 Å². The standard InChI is InChI=1S/C19H23N3O5/c1-19(2,3)18-20-16(27-21-18)13-6-4-5-7-14(13)17(25)22-8-9-26-12(11-22)10-15(23)24/h4-7,12H,8-11H2,1-3H3,(H,23,24)/t12-/m0/s1. The fourth-order valence-electron chi connectivity index (χ4n) is 2.89. The predicted octanol–water partition coefficient (Wildman–Crippen LogP) is 2.35. The fraction of sp³-hybridized carbons (Fsp3) is 0.474. The minimum Gasteiger partial charge on any atom is -0.481 e. The van der Waals surface area contributed by atoms with Crippen molar-refractivity contribution >= 4 is 11.9 Å². The zero-order valence-corrected chi connectivity index (χ0v) is 15.6. The Kier molecular flexibility index (Phi) is 5.27. The number of aromatic nitrogens is 2. The zero-order chi connectivity index (χ0) is 19.6. The van der Waals surface area contributed by atoms with Crippen LogP contribution in [-0.2, 0) is 14.9 Å². The van der Waals surface area contributed by atoms with Gasteiger partial charge in [-0.05, 0) is 12.1 Å². The smallest absolute Gasteiger partial charge is 0.306 e. The molecule has 1 saturated heterocycles. The molecule has 2 heterocycles. The monoisotopic (exact) mass is 373 g/mol. The van der Waals surface area contributed by atoms with Crippen LogP contribution in [0.3, 0.4) is 0 Å². The lowest BCUT2D eigenvalue weighted by atomic mass is 9.96. The molecule has 0 radical (unpaired) electrons. The summed E-state index contributed by atoms with van der Waals surface area (Å²) in [5, 5.41) is 13.0. The van der Waals surface area contributed by atoms with Crippen LogP contribution in [0, 0.1) is 0 Å². The molecular formula is C19H23N3O5. The lowest BCUT2D eigenvalue weighted by Gasteiger charge is -2.32. The van der Waals surface area contributed by atoms with Crippen molar-refractivity contribution < 1.29 is 24.0 Å². The predicted molar refractivity (Wildman–Crippen MR) is 96.3 cm³/mol. The number of ether oxygens (including phenoxy) is 1. The highest BCUT2D eigenvalue weighted by atomic mass is 16.5. The third-order valence-corrected chi connectivity index (χ3v) is 4.31. The summed E-state index contributed by atoms with van der Waals surface area (Å²) < 4.78 is 10.8. The topological polar surface area (TPSA) is 106 Å². The maximum Gasteiger partial charge on any atom is 0.306 e. The Morgan fingerprint density at radius 3 is 2.70 bits per heavy atom. The number of hydrogen-bond acceptors (Lipinski definition) is 6. The Morgan fingerprint density at radius 2 is 2.04 bits per heavy atom. The van der Waals surface area contributed by atoms with Crippen molar-refractivity contribution in [3.63, 3.8) is 0 Å². The number of rotatable bonds is 4. The fourth-order valence-corrected chi connectivity index (χ4v) is 2.89. The van der Waals surface area contributed by atoms with E-state index in [2.05, 4.69) is 10.1 Å². The van der Waals surface area contributed by atoms with Gasteiger partial charge in [-0.15, -0.1) is 0 Å². The summed E-state index contributed by atoms with van der Waals surface area (Å²) >= 11 is 0. The van der Waals surface area contributed by atoms with E-state index in [4.69, 9.17) is 14.4 Å². The third-order valence-electron chi connectivity index (χ3n) is 4.31. The molecule has 1 atom stereocenters. The molecule has 0 spiro atoms. The van der Waals surface area contributed by atoms with Gasteiger partial charge in [0, 0.05) is 18.5 Å². The van der Waals surface area contributed by atoms with Crippen molar-refractivity contribution in [1.29, 1.82) is 0 Å². The van der Waals surface area contributed by atoms with E-state index in [-0.39, 0.29) is 24.3 Å². The van der Waals surface area contributed by atoms with Gasteiger partial charge in [0.15, 0.2) is 5.82 Å². The minimum absolute atomic E-state index is 0.135. The number of benzene rings is 1. The number of carbonyl (C=O) groups excluding carboxylic acids is 1. The molecule has 2 aromatic rings. The first kappa shape index (κ1) is 19.0. The molecule has 1 aromatic heterocycles. The SMILES string of the molecule is CC(C)(C)c1noc(-c2ccccc2C(=O)N2CCO[C@@H](CC(=O)O)C2)n1. The van der Waals surface area contributed by atoms with Gasteiger partial charge in [0.2, 0.25) is 0 Å². The second-order valence-electron chi connectivity index (χ2n) is 7.56. The van der Waals surface area contributed by atoms with E-state index in [0.717, 1.165) is 0 Å². The summed E-state index contributed by atoms with van der Waals surface area (Å²) in [6.07, 6.45) is -0.646. The van der Waals surface area contributed by atoms with Crippen LogP contribution in [0.5, 0.6) is 0 Å². The highest BCUT2D eigenvalue weighted by molar-refractivity contribution is 6.00. The van der Waals surface area contributed by atoms with Crippen molar-refractivity contribution in [3.8, 4) is 11.5 Å². The minimum atomic E-state index is -0.949. The van der Waals surface area contributed by atoms with E-state index in [1.807, 2.05) is 20.8 Å². The Morgan fingerprint density at radius 1 is 1.30 bits per heavy atom. The second kappa shape index (κ2) is 7.48. The highest BCUT2D eigenvalue weighted by Crippen LogP contribution is 2.27. The Balaban J connectivity index is 1.86. The van der Waals surface area contributed by atoms with Gasteiger partial charge >= 0.3 is 5.97 Å². The number of amides is 1. The molecule has 0 saturated carbocycles. The van der Waals surface area contributed by atoms with Gasteiger partial charge in [-0.3, -0.25) is 9.59 Å². The van der Waals surface area contributed by atoms with Crippen molar-refractivity contribution in [2.75, 3.05) is 19.7 Å². The van der Waals surface area contributed by atoms with Gasteiger partial charge in [0.05, 0.1) is 30.3 Å². The molecule has 1 aliphatic heterocycles. The van der Waals surface area contributed by atoms with Gasteiger partial charge in [-0.1, -0.05) is 38.1 Å². The molecule has 3 rings (SSSR count). The van der Waals surface area contributed by atoms with Gasteiger partial charge < -0.3 is 19.3 Å². The molecular weight excluding hydrogens is 350 g/mol. The van der Waals surface area contributed by atoms with Crippen LogP contribution in [0.15, 0.2) is 28.8 Å². The second-order valence-corrected chi connectivity index (χ2v) is 7.56. The van der Waals surface area contributed by atoms with Crippen LogP contribution in [0.2, 0.25) is 0 Å². The van der Waals surface area contributed by atoms with Crippen molar-refractivity contribution in [1.82, 2.24) is 15.0 Å². The molecule has 0 unspecified atom stereocenters. The molecule has 144 valence electrons. The summed E-state index contributed by atoms with van der Waals surface area (Å²) in [5.41, 5.74) is 0.735. The van der Waals surface area contributed by atoms with Crippen LogP contribution >= 0.6 is 0 Å². The summed E-state index contributed by atoms with van der Waals surface area (Å²) in [6.45, 7) is 6.89. The molecule has 1 fully saturated rings. The summed E-state index contributed by atoms with van der Waals surface area (Å²) in [7, 11) is 0. The Labute approximate surface area is 157 Å². The van der Waals surface area contributed by atoms with Crippen LogP contribution in [0.4, 0.5) is 0 Å². The maximum absolute atomic E-state index is 13.1. The molecule has 1 aliphatic rings. The van der Waals surface area contributed by atoms with E-state index in [1.54, 1.807) is 29.2 Å². The van der Waals surface area contributed by atoms with Crippen LogP contribution < -0.4 is 0 Å². The van der Waals surface area contributed by atoms with Crippen LogP contribution in [0.25, 0.3) is 11.5 Å². The number of hydrogen-bond donors (Lipinski definition) is 1. The van der Waals surface area contributed by atoms with Crippen LogP contribution in [-0.4, -0.2) is 57.8 Å². The quantitative estimate of drug-likeness (QED) is 0.877. The van der Waals surface area contributed by atoms with E-state index in [9.17, 15) is 9.59 Å². The van der Waals surface area contributed by atoms with Crippen LogP contribution in [0.1, 0.15) is 43.4 Å². The lowest BCUT2D eigenvalue weighted by Crippen LogP contribution is -2.46. The first-order valence-corrected chi connectivity index (χ1v) is 8.82. The number of nitrogens with zero attached hydrogens (tertiary/aromatic N) is 3. The molecule has 8 heteroatoms. The van der Waals surface area contributed by atoms with Gasteiger partial charge in [0.1, 0.15) is 0 Å². The largest absolute Gasteiger partial charge is 0.481 e. The van der Waals surface area contributed by atoms with E-state index >= 15 is 0 Å². The maximum atomic E-state index is 13.1. The third kappa shape index (κ3) is 4.33. The first-order valence-electron chi connectivity index (χ1n) is 8.82. The summed E-state index contributed by atoms with van der Waals surface area (Å²) in [6, 6.07) is 7.05. The normalized spacial score (nSPS) is 17.7. The van der Waals surface area contributed by atoms with Crippen molar-refractivity contribution in [3.05, 3.63) is 35.7 Å². The number of morpholine rings is 1. The molecule has 0 aliphatic carbocycles. The number of aliphatic carboxylic acids is 1. The number of carboxylic acids is 1. The Hall–Kier alpha value is -2.74. The average Bonchev–Trinajstić information content (AvgIpc) is 3.11. The molecule has 1 amide bonds. The number of carboxylic acid groups (broad SMARTS) is 1. The zero-order valence-electron chi connectivity index (χ0n) is 15.6. The van der Waals surface area contributed by atoms with Crippen molar-refractivity contribution in [2.24, 2.45) is 0 Å². The van der Waals surface area contributed by atoms with Gasteiger partial charge in [-0.2, -0.15) is 4.98 Å². The lowest BCUT2D eigenvalue weighted by molar-refractivity contribution is -0.141. The van der Waals surface area contributed by atoms with Gasteiger partial charge in [-0.25, -0.2) is 0 Å². The number of carbonyl (C=O) groups is 2. The molecule has 1 N–H and O–H groups in total. The van der Waals surface area contributed by atoms with E-state index in [1.165, 1.54) is 0 Å². The Bertz CT molecular complexity index is 840.